The molecular weight excluding hydrogens is 661 g/mol. The fraction of sp³-hybridized carbons (Fsp3) is 0.368. The molecule has 0 aromatic heterocycles. The van der Waals surface area contributed by atoms with Gasteiger partial charge >= 0.3 is 0 Å². The number of aliphatic hydroxyl groups excluding tert-OH is 2. The molecule has 4 rings (SSSR count). The number of nitro groups is 2. The van der Waals surface area contributed by atoms with Crippen LogP contribution in [0, 0.1) is 20.2 Å². The zero-order chi connectivity index (χ0) is 35.2. The van der Waals surface area contributed by atoms with Crippen LogP contribution in [0.2, 0.25) is 0 Å². The Morgan fingerprint density at radius 2 is 0.939 bits per heavy atom. The summed E-state index contributed by atoms with van der Waals surface area (Å²) in [4.78, 5) is 21.9. The number of hydrogen-bond donors (Lipinski definition) is 2. The summed E-state index contributed by atoms with van der Waals surface area (Å²) in [6.45, 7) is 4.25. The average Bonchev–Trinajstić information content (AvgIpc) is 3.12. The molecule has 0 fully saturated rings. The van der Waals surface area contributed by atoms with E-state index in [0.29, 0.717) is 12.8 Å². The minimum Gasteiger partial charge on any atom is -0.388 e. The number of nitrogens with zero attached hydrogens (tertiary/aromatic N) is 2. The minimum atomic E-state index is -0.611. The van der Waals surface area contributed by atoms with E-state index in [2.05, 4.69) is 13.8 Å². The van der Waals surface area contributed by atoms with E-state index in [1.807, 2.05) is 48.5 Å². The molecular formula is C38H44N2O7S2. The van der Waals surface area contributed by atoms with Gasteiger partial charge < -0.3 is 10.2 Å². The number of non-ortho nitro benzene ring substituents is 2. The van der Waals surface area contributed by atoms with E-state index in [1.165, 1.54) is 48.4 Å². The van der Waals surface area contributed by atoms with E-state index in [9.17, 15) is 30.4 Å². The molecule has 0 aliphatic heterocycles. The Morgan fingerprint density at radius 1 is 0.571 bits per heavy atom. The third-order valence-electron chi connectivity index (χ3n) is 8.44. The Balaban J connectivity index is 1.63. The Morgan fingerprint density at radius 3 is 1.29 bits per heavy atom. The van der Waals surface area contributed by atoms with E-state index in [0.717, 1.165) is 71.9 Å². The van der Waals surface area contributed by atoms with Gasteiger partial charge in [0.05, 0.1) is 32.6 Å². The lowest BCUT2D eigenvalue weighted by Crippen LogP contribution is -2.03. The summed E-state index contributed by atoms with van der Waals surface area (Å²) in [5.41, 5.74) is 4.89. The quantitative estimate of drug-likeness (QED) is 0.0398. The van der Waals surface area contributed by atoms with Gasteiger partial charge in [-0.2, -0.15) is 0 Å². The summed E-state index contributed by atoms with van der Waals surface area (Å²) < 4.78 is 6.33. The standard InChI is InChI=1S/C38H44N2O7S2/c1-3-5-7-15-35(41)29-11-9-13-31(25-29)37(27-17-21-33(22-18-27)39(43)44)48-47-49-38(28-19-23-34(24-20-28)40(45)46)32-14-10-12-30(26-32)36(42)16-8-6-4-2/h9-14,17-26,35-38,41-42H,3-8,15-16H2,1-2H3. The SMILES string of the molecule is CCCCCC(O)c1cccc(C(SOSC(c2ccc([N+](=O)[O-])cc2)c2cccc(C(O)CCCCC)c2)c2ccc([N+](=O)[O-])cc2)c1. The maximum atomic E-state index is 11.4. The highest BCUT2D eigenvalue weighted by molar-refractivity contribution is 8.08. The lowest BCUT2D eigenvalue weighted by molar-refractivity contribution is -0.385. The van der Waals surface area contributed by atoms with Gasteiger partial charge in [-0.3, -0.25) is 20.2 Å². The van der Waals surface area contributed by atoms with Crippen molar-refractivity contribution < 1.29 is 23.7 Å². The molecule has 2 N–H and O–H groups in total. The van der Waals surface area contributed by atoms with Gasteiger partial charge in [0.15, 0.2) is 0 Å². The number of rotatable bonds is 20. The van der Waals surface area contributed by atoms with Crippen molar-refractivity contribution in [3.63, 3.8) is 0 Å². The van der Waals surface area contributed by atoms with Crippen molar-refractivity contribution in [2.75, 3.05) is 0 Å². The number of nitro benzene ring substituents is 2. The first-order valence-corrected chi connectivity index (χ1v) is 18.4. The lowest BCUT2D eigenvalue weighted by atomic mass is 9.97. The van der Waals surface area contributed by atoms with Crippen LogP contribution in [0.3, 0.4) is 0 Å². The molecule has 4 unspecified atom stereocenters. The van der Waals surface area contributed by atoms with Gasteiger partial charge in [0, 0.05) is 48.4 Å². The number of benzene rings is 4. The van der Waals surface area contributed by atoms with E-state index in [4.69, 9.17) is 3.63 Å². The number of hydrogen-bond acceptors (Lipinski definition) is 9. The van der Waals surface area contributed by atoms with Gasteiger partial charge in [0.2, 0.25) is 0 Å². The molecule has 4 atom stereocenters. The molecule has 4 aromatic carbocycles. The van der Waals surface area contributed by atoms with Gasteiger partial charge in [0.1, 0.15) is 0 Å². The fourth-order valence-electron chi connectivity index (χ4n) is 5.62. The van der Waals surface area contributed by atoms with Crippen LogP contribution >= 0.6 is 24.1 Å². The normalized spacial score (nSPS) is 13.8. The van der Waals surface area contributed by atoms with E-state index in [-0.39, 0.29) is 21.9 Å². The average molecular weight is 705 g/mol. The highest BCUT2D eigenvalue weighted by Crippen LogP contribution is 2.45. The van der Waals surface area contributed by atoms with Crippen molar-refractivity contribution in [1.82, 2.24) is 0 Å². The molecule has 9 nitrogen and oxygen atoms in total. The summed E-state index contributed by atoms with van der Waals surface area (Å²) in [5.74, 6) is 0. The summed E-state index contributed by atoms with van der Waals surface area (Å²) in [6, 6.07) is 28.2. The largest absolute Gasteiger partial charge is 0.388 e. The maximum absolute atomic E-state index is 11.4. The van der Waals surface area contributed by atoms with Crippen molar-refractivity contribution in [3.05, 3.63) is 151 Å². The molecule has 0 bridgehead atoms. The number of aliphatic hydroxyl groups is 2. The highest BCUT2D eigenvalue weighted by atomic mass is 32.2. The topological polar surface area (TPSA) is 136 Å². The molecule has 4 aromatic rings. The Hall–Kier alpha value is -3.74. The van der Waals surface area contributed by atoms with Crippen LogP contribution in [0.4, 0.5) is 11.4 Å². The second-order valence-corrected chi connectivity index (χ2v) is 14.0. The van der Waals surface area contributed by atoms with Gasteiger partial charge in [-0.05, 0) is 46.2 Å². The van der Waals surface area contributed by atoms with Gasteiger partial charge in [-0.15, -0.1) is 0 Å². The lowest BCUT2D eigenvalue weighted by Gasteiger charge is -2.22. The van der Waals surface area contributed by atoms with Crippen molar-refractivity contribution in [1.29, 1.82) is 0 Å². The Bertz CT molecular complexity index is 1520. The second kappa shape index (κ2) is 19.4. The highest BCUT2D eigenvalue weighted by Gasteiger charge is 2.24. The van der Waals surface area contributed by atoms with Crippen LogP contribution in [-0.2, 0) is 3.63 Å². The van der Waals surface area contributed by atoms with Crippen molar-refractivity contribution in [2.24, 2.45) is 0 Å². The predicted molar refractivity (Wildman–Crippen MR) is 197 cm³/mol. The third-order valence-corrected chi connectivity index (χ3v) is 10.5. The van der Waals surface area contributed by atoms with Crippen LogP contribution in [-0.4, -0.2) is 20.1 Å². The van der Waals surface area contributed by atoms with Crippen LogP contribution in [0.5, 0.6) is 0 Å². The summed E-state index contributed by atoms with van der Waals surface area (Å²) in [5, 5.41) is 43.8. The van der Waals surface area contributed by atoms with Gasteiger partial charge in [-0.25, -0.2) is 3.63 Å². The molecule has 0 amide bonds. The predicted octanol–water partition coefficient (Wildman–Crippen LogP) is 10.9. The maximum Gasteiger partial charge on any atom is 0.269 e. The summed E-state index contributed by atoms with van der Waals surface area (Å²) in [7, 11) is 0. The molecule has 0 radical (unpaired) electrons. The monoisotopic (exact) mass is 704 g/mol. The fourth-order valence-corrected chi connectivity index (χ4v) is 7.48. The summed E-state index contributed by atoms with van der Waals surface area (Å²) in [6.07, 6.45) is 6.13. The molecule has 49 heavy (non-hydrogen) atoms. The molecule has 260 valence electrons. The van der Waals surface area contributed by atoms with Crippen molar-refractivity contribution in [2.45, 2.75) is 87.9 Å². The zero-order valence-electron chi connectivity index (χ0n) is 27.9. The zero-order valence-corrected chi connectivity index (χ0v) is 29.5. The first-order valence-electron chi connectivity index (χ1n) is 16.7. The van der Waals surface area contributed by atoms with Crippen LogP contribution < -0.4 is 0 Å². The first kappa shape index (κ1) is 38.1. The van der Waals surface area contributed by atoms with Crippen molar-refractivity contribution >= 4 is 35.5 Å². The first-order chi connectivity index (χ1) is 23.7. The van der Waals surface area contributed by atoms with E-state index >= 15 is 0 Å². The third kappa shape index (κ3) is 11.1. The van der Waals surface area contributed by atoms with Crippen LogP contribution in [0.25, 0.3) is 0 Å². The Kier molecular flexibility index (Phi) is 15.1. The molecule has 0 aliphatic rings. The minimum absolute atomic E-state index is 0.0158. The smallest absolute Gasteiger partial charge is 0.269 e. The molecule has 0 aliphatic carbocycles. The molecule has 0 spiro atoms. The van der Waals surface area contributed by atoms with Gasteiger partial charge in [0.25, 0.3) is 11.4 Å². The second-order valence-electron chi connectivity index (χ2n) is 12.1. The molecule has 0 saturated carbocycles. The molecule has 0 saturated heterocycles. The number of unbranched alkanes of at least 4 members (excludes halogenated alkanes) is 4. The van der Waals surface area contributed by atoms with Crippen LogP contribution in [0.1, 0.15) is 121 Å². The van der Waals surface area contributed by atoms with E-state index < -0.39 is 22.1 Å². The Labute approximate surface area is 296 Å². The molecule has 0 heterocycles. The summed E-state index contributed by atoms with van der Waals surface area (Å²) >= 11 is 2.38. The van der Waals surface area contributed by atoms with E-state index in [1.54, 1.807) is 24.3 Å². The van der Waals surface area contributed by atoms with Crippen molar-refractivity contribution in [3.8, 4) is 0 Å². The van der Waals surface area contributed by atoms with Crippen LogP contribution in [0.15, 0.2) is 97.1 Å². The molecule has 11 heteroatoms. The van der Waals surface area contributed by atoms with Gasteiger partial charge in [-0.1, -0.05) is 125 Å².